The Morgan fingerprint density at radius 1 is 1.23 bits per heavy atom. The number of ether oxygens (including phenoxy) is 1. The minimum absolute atomic E-state index is 0.0238. The van der Waals surface area contributed by atoms with Gasteiger partial charge in [-0.05, 0) is 49.6 Å². The van der Waals surface area contributed by atoms with Gasteiger partial charge >= 0.3 is 0 Å². The van der Waals surface area contributed by atoms with E-state index >= 15 is 0 Å². The fourth-order valence-electron chi connectivity index (χ4n) is 3.44. The second-order valence-corrected chi connectivity index (χ2v) is 7.61. The van der Waals surface area contributed by atoms with Crippen molar-refractivity contribution in [3.63, 3.8) is 0 Å². The van der Waals surface area contributed by atoms with Gasteiger partial charge in [-0.15, -0.1) is 11.3 Å². The summed E-state index contributed by atoms with van der Waals surface area (Å²) in [4.78, 5) is 20.7. The van der Waals surface area contributed by atoms with Gasteiger partial charge in [0.15, 0.2) is 0 Å². The van der Waals surface area contributed by atoms with Crippen molar-refractivity contribution in [3.05, 3.63) is 53.2 Å². The second kappa shape index (κ2) is 6.78. The molecule has 1 amide bonds. The van der Waals surface area contributed by atoms with Gasteiger partial charge in [-0.3, -0.25) is 4.79 Å². The molecule has 4 rings (SSSR count). The van der Waals surface area contributed by atoms with Crippen LogP contribution in [0.25, 0.3) is 21.5 Å². The van der Waals surface area contributed by atoms with Gasteiger partial charge in [-0.25, -0.2) is 9.37 Å². The van der Waals surface area contributed by atoms with Crippen molar-refractivity contribution < 1.29 is 13.9 Å². The molecule has 1 saturated heterocycles. The molecule has 1 aromatic carbocycles. The van der Waals surface area contributed by atoms with Gasteiger partial charge in [-0.1, -0.05) is 6.07 Å². The molecule has 1 fully saturated rings. The third-order valence-corrected chi connectivity index (χ3v) is 5.37. The number of amides is 1. The van der Waals surface area contributed by atoms with E-state index < -0.39 is 0 Å². The number of carbonyl (C=O) groups excluding carboxylic acids is 1. The van der Waals surface area contributed by atoms with Gasteiger partial charge in [0.05, 0.1) is 33.9 Å². The summed E-state index contributed by atoms with van der Waals surface area (Å²) in [5.41, 5.74) is 1.84. The van der Waals surface area contributed by atoms with Crippen LogP contribution in [-0.4, -0.2) is 41.1 Å². The van der Waals surface area contributed by atoms with Crippen LogP contribution in [0.5, 0.6) is 0 Å². The number of aromatic nitrogens is 1. The van der Waals surface area contributed by atoms with Gasteiger partial charge in [0.25, 0.3) is 5.91 Å². The van der Waals surface area contributed by atoms with E-state index in [4.69, 9.17) is 4.74 Å². The Morgan fingerprint density at radius 2 is 2.00 bits per heavy atom. The van der Waals surface area contributed by atoms with Crippen molar-refractivity contribution in [2.75, 3.05) is 13.1 Å². The van der Waals surface area contributed by atoms with E-state index in [0.717, 1.165) is 10.6 Å². The first kappa shape index (κ1) is 17.1. The summed E-state index contributed by atoms with van der Waals surface area (Å²) in [6.45, 7) is 4.96. The number of hydrogen-bond acceptors (Lipinski definition) is 4. The molecule has 4 nitrogen and oxygen atoms in total. The quantitative estimate of drug-likeness (QED) is 0.673. The lowest BCUT2D eigenvalue weighted by atomic mass is 10.0. The zero-order valence-electron chi connectivity index (χ0n) is 14.6. The molecule has 2 aromatic heterocycles. The molecule has 0 saturated carbocycles. The molecule has 3 aromatic rings. The second-order valence-electron chi connectivity index (χ2n) is 6.66. The fourth-order valence-corrected chi connectivity index (χ4v) is 4.13. The van der Waals surface area contributed by atoms with E-state index in [1.54, 1.807) is 28.4 Å². The van der Waals surface area contributed by atoms with Crippen molar-refractivity contribution in [3.8, 4) is 10.6 Å². The Hall–Kier alpha value is -2.31. The zero-order valence-corrected chi connectivity index (χ0v) is 15.4. The third kappa shape index (κ3) is 3.22. The van der Waals surface area contributed by atoms with E-state index in [2.05, 4.69) is 4.98 Å². The predicted octanol–water partition coefficient (Wildman–Crippen LogP) is 4.35. The van der Waals surface area contributed by atoms with Crippen LogP contribution in [0.3, 0.4) is 0 Å². The number of halogens is 1. The molecule has 1 aliphatic heterocycles. The van der Waals surface area contributed by atoms with Crippen LogP contribution in [0.1, 0.15) is 24.2 Å². The van der Waals surface area contributed by atoms with Gasteiger partial charge in [0, 0.05) is 18.5 Å². The van der Waals surface area contributed by atoms with Gasteiger partial charge in [0.1, 0.15) is 5.82 Å². The predicted molar refractivity (Wildman–Crippen MR) is 101 cm³/mol. The normalized spacial score (nSPS) is 20.5. The first-order valence-electron chi connectivity index (χ1n) is 8.60. The highest BCUT2D eigenvalue weighted by Crippen LogP contribution is 2.29. The number of benzene rings is 1. The molecule has 0 N–H and O–H groups in total. The van der Waals surface area contributed by atoms with Gasteiger partial charge in [-0.2, -0.15) is 0 Å². The van der Waals surface area contributed by atoms with Crippen LogP contribution in [0.15, 0.2) is 41.8 Å². The van der Waals surface area contributed by atoms with Crippen LogP contribution < -0.4 is 0 Å². The lowest BCUT2D eigenvalue weighted by Crippen LogP contribution is -2.48. The summed E-state index contributed by atoms with van der Waals surface area (Å²) >= 11 is 1.56. The maximum atomic E-state index is 13.8. The average Bonchev–Trinajstić information content (AvgIpc) is 3.14. The van der Waals surface area contributed by atoms with Crippen molar-refractivity contribution in [2.45, 2.75) is 26.1 Å². The number of pyridine rings is 1. The third-order valence-electron chi connectivity index (χ3n) is 4.48. The maximum Gasteiger partial charge on any atom is 0.254 e. The molecule has 0 radical (unpaired) electrons. The highest BCUT2D eigenvalue weighted by molar-refractivity contribution is 7.13. The number of morpholine rings is 1. The molecule has 3 heterocycles. The number of thiophene rings is 1. The highest BCUT2D eigenvalue weighted by Gasteiger charge is 2.28. The number of carbonyl (C=O) groups is 1. The summed E-state index contributed by atoms with van der Waals surface area (Å²) < 4.78 is 19.6. The molecular formula is C20H19FN2O2S. The molecule has 0 spiro atoms. The van der Waals surface area contributed by atoms with E-state index in [9.17, 15) is 9.18 Å². The molecule has 134 valence electrons. The number of rotatable bonds is 2. The van der Waals surface area contributed by atoms with Gasteiger partial charge in [0.2, 0.25) is 0 Å². The Balaban J connectivity index is 1.84. The van der Waals surface area contributed by atoms with Crippen molar-refractivity contribution in [2.24, 2.45) is 0 Å². The Bertz CT molecular complexity index is 948. The Labute approximate surface area is 155 Å². The van der Waals surface area contributed by atoms with Crippen LogP contribution in [-0.2, 0) is 4.74 Å². The van der Waals surface area contributed by atoms with Crippen LogP contribution in [0, 0.1) is 5.82 Å². The molecule has 6 heteroatoms. The van der Waals surface area contributed by atoms with Crippen LogP contribution >= 0.6 is 11.3 Å². The maximum absolute atomic E-state index is 13.8. The SMILES string of the molecule is CC1CN(C(=O)c2cc(-c3cccs3)nc3ccc(F)cc23)CC(C)O1. The minimum Gasteiger partial charge on any atom is -0.372 e. The highest BCUT2D eigenvalue weighted by atomic mass is 32.1. The number of nitrogens with zero attached hydrogens (tertiary/aromatic N) is 2. The first-order valence-corrected chi connectivity index (χ1v) is 9.48. The summed E-state index contributed by atoms with van der Waals surface area (Å²) in [7, 11) is 0. The standard InChI is InChI=1S/C20H19FN2O2S/c1-12-10-23(11-13(2)25-12)20(24)16-9-18(19-4-3-7-26-19)22-17-6-5-14(21)8-15(16)17/h3-9,12-13H,10-11H2,1-2H3. The minimum atomic E-state index is -0.374. The number of fused-ring (bicyclic) bond motifs is 1. The molecule has 0 aliphatic carbocycles. The molecular weight excluding hydrogens is 351 g/mol. The lowest BCUT2D eigenvalue weighted by Gasteiger charge is -2.35. The topological polar surface area (TPSA) is 42.4 Å². The monoisotopic (exact) mass is 370 g/mol. The largest absolute Gasteiger partial charge is 0.372 e. The Kier molecular flexibility index (Phi) is 4.46. The van der Waals surface area contributed by atoms with E-state index in [1.807, 2.05) is 31.4 Å². The van der Waals surface area contributed by atoms with Crippen LogP contribution in [0.4, 0.5) is 4.39 Å². The van der Waals surface area contributed by atoms with Crippen LogP contribution in [0.2, 0.25) is 0 Å². The van der Waals surface area contributed by atoms with E-state index in [0.29, 0.717) is 29.6 Å². The van der Waals surface area contributed by atoms with Crippen molar-refractivity contribution in [1.82, 2.24) is 9.88 Å². The summed E-state index contributed by atoms with van der Waals surface area (Å²) in [6, 6.07) is 10.1. The molecule has 1 aliphatic rings. The molecule has 2 atom stereocenters. The number of hydrogen-bond donors (Lipinski definition) is 0. The summed E-state index contributed by atoms with van der Waals surface area (Å²) in [5, 5.41) is 2.51. The molecule has 0 bridgehead atoms. The van der Waals surface area contributed by atoms with E-state index in [1.165, 1.54) is 12.1 Å². The Morgan fingerprint density at radius 3 is 2.69 bits per heavy atom. The lowest BCUT2D eigenvalue weighted by molar-refractivity contribution is -0.0585. The van der Waals surface area contributed by atoms with Gasteiger partial charge < -0.3 is 9.64 Å². The fraction of sp³-hybridized carbons (Fsp3) is 0.300. The van der Waals surface area contributed by atoms with Crippen molar-refractivity contribution >= 4 is 28.1 Å². The van der Waals surface area contributed by atoms with E-state index in [-0.39, 0.29) is 23.9 Å². The summed E-state index contributed by atoms with van der Waals surface area (Å²) in [6.07, 6.45) is -0.0476. The average molecular weight is 370 g/mol. The smallest absolute Gasteiger partial charge is 0.254 e. The van der Waals surface area contributed by atoms with Crippen molar-refractivity contribution in [1.29, 1.82) is 0 Å². The molecule has 2 unspecified atom stereocenters. The zero-order chi connectivity index (χ0) is 18.3. The summed E-state index contributed by atoms with van der Waals surface area (Å²) in [5.74, 6) is -0.483. The molecule has 26 heavy (non-hydrogen) atoms. The first-order chi connectivity index (χ1) is 12.5.